The first kappa shape index (κ1) is 17.3. The maximum atomic E-state index is 11.9. The third-order valence-electron chi connectivity index (χ3n) is 3.68. The molecular weight excluding hydrogens is 288 g/mol. The van der Waals surface area contributed by atoms with Crippen LogP contribution in [-0.2, 0) is 17.6 Å². The van der Waals surface area contributed by atoms with Gasteiger partial charge in [-0.15, -0.1) is 10.2 Å². The van der Waals surface area contributed by atoms with Gasteiger partial charge in [-0.3, -0.25) is 4.79 Å². The quantitative estimate of drug-likeness (QED) is 0.786. The number of aromatic amines is 1. The first-order chi connectivity index (χ1) is 11.0. The number of nitrogens with one attached hydrogen (secondary N) is 2. The van der Waals surface area contributed by atoms with E-state index in [1.54, 1.807) is 0 Å². The summed E-state index contributed by atoms with van der Waals surface area (Å²) in [5.41, 5.74) is 1.24. The van der Waals surface area contributed by atoms with Crippen LogP contribution in [0.4, 0.5) is 0 Å². The minimum absolute atomic E-state index is 0.0115. The van der Waals surface area contributed by atoms with Crippen LogP contribution in [0.2, 0.25) is 0 Å². The van der Waals surface area contributed by atoms with Crippen molar-refractivity contribution in [3.05, 3.63) is 47.5 Å². The number of benzene rings is 1. The van der Waals surface area contributed by atoms with Crippen LogP contribution in [-0.4, -0.2) is 27.0 Å². The minimum Gasteiger partial charge on any atom is -0.327 e. The maximum Gasteiger partial charge on any atom is 0.147 e. The van der Waals surface area contributed by atoms with Crippen LogP contribution < -0.4 is 5.32 Å². The third kappa shape index (κ3) is 5.28. The van der Waals surface area contributed by atoms with Crippen molar-refractivity contribution in [3.8, 4) is 0 Å². The van der Waals surface area contributed by atoms with E-state index < -0.39 is 0 Å². The Labute approximate surface area is 137 Å². The summed E-state index contributed by atoms with van der Waals surface area (Å²) in [7, 11) is 0. The van der Waals surface area contributed by atoms with Gasteiger partial charge in [-0.25, -0.2) is 0 Å². The zero-order valence-corrected chi connectivity index (χ0v) is 14.3. The highest BCUT2D eigenvalue weighted by Gasteiger charge is 2.19. The maximum absolute atomic E-state index is 11.9. The van der Waals surface area contributed by atoms with Crippen LogP contribution >= 0.6 is 0 Å². The second kappa shape index (κ2) is 8.02. The summed E-state index contributed by atoms with van der Waals surface area (Å²) in [6.45, 7) is 8.02. The number of aromatic nitrogens is 3. The third-order valence-corrected chi connectivity index (χ3v) is 3.68. The standard InChI is InChI=1S/C18H26N4O/c1-12(2)16(23)11-17-20-18(22-21-17)15(19-13(3)4)10-14-8-6-5-7-9-14/h5-9,12-13,15,19H,10-11H2,1-4H3,(H,20,21,22)/t15-/m0/s1. The van der Waals surface area contributed by atoms with Gasteiger partial charge in [-0.05, 0) is 12.0 Å². The molecule has 2 rings (SSSR count). The Kier molecular flexibility index (Phi) is 6.04. The fraction of sp³-hybridized carbons (Fsp3) is 0.500. The normalized spacial score (nSPS) is 12.8. The molecule has 1 aromatic heterocycles. The number of rotatable bonds is 8. The number of carbonyl (C=O) groups is 1. The Bertz CT molecular complexity index is 619. The molecule has 23 heavy (non-hydrogen) atoms. The van der Waals surface area contributed by atoms with Crippen LogP contribution in [0.15, 0.2) is 30.3 Å². The van der Waals surface area contributed by atoms with Crippen LogP contribution in [0.1, 0.15) is 50.9 Å². The van der Waals surface area contributed by atoms with Gasteiger partial charge >= 0.3 is 0 Å². The minimum atomic E-state index is 0.0115. The number of ketones is 1. The molecule has 0 amide bonds. The fourth-order valence-corrected chi connectivity index (χ4v) is 2.40. The summed E-state index contributed by atoms with van der Waals surface area (Å²) in [6.07, 6.45) is 1.14. The number of hydrogen-bond donors (Lipinski definition) is 2. The summed E-state index contributed by atoms with van der Waals surface area (Å²) in [5.74, 6) is 1.61. The van der Waals surface area contributed by atoms with Crippen molar-refractivity contribution in [2.24, 2.45) is 5.92 Å². The fourth-order valence-electron chi connectivity index (χ4n) is 2.40. The van der Waals surface area contributed by atoms with E-state index in [0.717, 1.165) is 12.2 Å². The Balaban J connectivity index is 2.13. The number of carbonyl (C=O) groups excluding carboxylic acids is 1. The highest BCUT2D eigenvalue weighted by Crippen LogP contribution is 2.16. The number of H-pyrrole nitrogens is 1. The molecule has 5 nitrogen and oxygen atoms in total. The second-order valence-corrected chi connectivity index (χ2v) is 6.52. The Morgan fingerprint density at radius 3 is 2.43 bits per heavy atom. The molecule has 0 aliphatic heterocycles. The summed E-state index contributed by atoms with van der Waals surface area (Å²) >= 11 is 0. The molecule has 0 bridgehead atoms. The van der Waals surface area contributed by atoms with Crippen molar-refractivity contribution in [2.75, 3.05) is 0 Å². The summed E-state index contributed by atoms with van der Waals surface area (Å²) < 4.78 is 0. The van der Waals surface area contributed by atoms with Gasteiger partial charge in [0.2, 0.25) is 0 Å². The predicted molar refractivity (Wildman–Crippen MR) is 91.1 cm³/mol. The molecular formula is C18H26N4O. The molecule has 2 aromatic rings. The van der Waals surface area contributed by atoms with Gasteiger partial charge in [0.15, 0.2) is 0 Å². The van der Waals surface area contributed by atoms with Crippen molar-refractivity contribution in [2.45, 2.75) is 52.6 Å². The Hall–Kier alpha value is -2.01. The largest absolute Gasteiger partial charge is 0.327 e. The molecule has 1 atom stereocenters. The van der Waals surface area contributed by atoms with Crippen molar-refractivity contribution in [1.82, 2.24) is 20.5 Å². The zero-order chi connectivity index (χ0) is 16.8. The zero-order valence-electron chi connectivity index (χ0n) is 14.3. The lowest BCUT2D eigenvalue weighted by molar-refractivity contribution is -0.121. The van der Waals surface area contributed by atoms with Crippen molar-refractivity contribution in [3.63, 3.8) is 0 Å². The molecule has 0 aliphatic rings. The SMILES string of the molecule is CC(C)N[C@@H](Cc1ccccc1)c1nnc(CC(=O)C(C)C)[nH]1. The molecule has 0 unspecified atom stereocenters. The predicted octanol–water partition coefficient (Wildman–Crippen LogP) is 2.85. The average molecular weight is 314 g/mol. The molecule has 0 radical (unpaired) electrons. The van der Waals surface area contributed by atoms with Gasteiger partial charge in [-0.1, -0.05) is 58.0 Å². The molecule has 2 N–H and O–H groups in total. The van der Waals surface area contributed by atoms with E-state index in [4.69, 9.17) is 0 Å². The van der Waals surface area contributed by atoms with E-state index >= 15 is 0 Å². The van der Waals surface area contributed by atoms with Crippen LogP contribution in [0.25, 0.3) is 0 Å². The highest BCUT2D eigenvalue weighted by atomic mass is 16.1. The molecule has 0 saturated heterocycles. The highest BCUT2D eigenvalue weighted by molar-refractivity contribution is 5.81. The van der Waals surface area contributed by atoms with E-state index in [1.807, 2.05) is 32.0 Å². The van der Waals surface area contributed by atoms with Crippen molar-refractivity contribution >= 4 is 5.78 Å². The first-order valence-electron chi connectivity index (χ1n) is 8.20. The van der Waals surface area contributed by atoms with Gasteiger partial charge in [0, 0.05) is 12.0 Å². The molecule has 1 heterocycles. The molecule has 1 aromatic carbocycles. The van der Waals surface area contributed by atoms with Gasteiger partial charge in [0.25, 0.3) is 0 Å². The van der Waals surface area contributed by atoms with Gasteiger partial charge in [0.1, 0.15) is 17.4 Å². The number of nitrogens with zero attached hydrogens (tertiary/aromatic N) is 2. The molecule has 124 valence electrons. The Morgan fingerprint density at radius 1 is 1.13 bits per heavy atom. The lowest BCUT2D eigenvalue weighted by Gasteiger charge is -2.19. The molecule has 0 saturated carbocycles. The second-order valence-electron chi connectivity index (χ2n) is 6.52. The van der Waals surface area contributed by atoms with E-state index in [1.165, 1.54) is 5.56 Å². The first-order valence-corrected chi connectivity index (χ1v) is 8.20. The Morgan fingerprint density at radius 2 is 1.83 bits per heavy atom. The van der Waals surface area contributed by atoms with Gasteiger partial charge in [0.05, 0.1) is 12.5 Å². The van der Waals surface area contributed by atoms with Crippen LogP contribution in [0.5, 0.6) is 0 Å². The topological polar surface area (TPSA) is 70.7 Å². The monoisotopic (exact) mass is 314 g/mol. The molecule has 5 heteroatoms. The number of hydrogen-bond acceptors (Lipinski definition) is 4. The van der Waals surface area contributed by atoms with Crippen molar-refractivity contribution < 1.29 is 4.79 Å². The van der Waals surface area contributed by atoms with Crippen LogP contribution in [0, 0.1) is 5.92 Å². The van der Waals surface area contributed by atoms with E-state index in [0.29, 0.717) is 18.3 Å². The van der Waals surface area contributed by atoms with E-state index in [9.17, 15) is 4.79 Å². The van der Waals surface area contributed by atoms with E-state index in [-0.39, 0.29) is 17.7 Å². The number of Topliss-reactive ketones (excluding diaryl/α,β-unsaturated/α-hetero) is 1. The van der Waals surface area contributed by atoms with E-state index in [2.05, 4.69) is 46.5 Å². The van der Waals surface area contributed by atoms with Gasteiger partial charge in [-0.2, -0.15) is 0 Å². The molecule has 0 spiro atoms. The van der Waals surface area contributed by atoms with Gasteiger partial charge < -0.3 is 10.3 Å². The average Bonchev–Trinajstić information content (AvgIpc) is 2.95. The lowest BCUT2D eigenvalue weighted by atomic mass is 10.0. The smallest absolute Gasteiger partial charge is 0.147 e. The molecule has 0 fully saturated rings. The lowest BCUT2D eigenvalue weighted by Crippen LogP contribution is -2.30. The molecule has 0 aliphatic carbocycles. The summed E-state index contributed by atoms with van der Waals surface area (Å²) in [4.78, 5) is 15.1. The van der Waals surface area contributed by atoms with Crippen LogP contribution in [0.3, 0.4) is 0 Å². The summed E-state index contributed by atoms with van der Waals surface area (Å²) in [5, 5.41) is 11.9. The summed E-state index contributed by atoms with van der Waals surface area (Å²) in [6, 6.07) is 10.7. The van der Waals surface area contributed by atoms with Crippen molar-refractivity contribution in [1.29, 1.82) is 0 Å².